The molecule has 2 aromatic carbocycles. The van der Waals surface area contributed by atoms with Gasteiger partial charge in [0.25, 0.3) is 0 Å². The number of ether oxygens (including phenoxy) is 2. The van der Waals surface area contributed by atoms with E-state index in [0.717, 1.165) is 22.9 Å². The third-order valence-corrected chi connectivity index (χ3v) is 4.56. The first-order valence-electron chi connectivity index (χ1n) is 8.72. The lowest BCUT2D eigenvalue weighted by molar-refractivity contribution is 0.354. The van der Waals surface area contributed by atoms with Crippen molar-refractivity contribution in [2.75, 3.05) is 27.3 Å². The highest BCUT2D eigenvalue weighted by Gasteiger charge is 2.05. The summed E-state index contributed by atoms with van der Waals surface area (Å²) >= 11 is 3.25. The summed E-state index contributed by atoms with van der Waals surface area (Å²) in [4.78, 5) is 4.29. The van der Waals surface area contributed by atoms with Crippen molar-refractivity contribution in [2.45, 2.75) is 19.3 Å². The molecule has 146 valence electrons. The summed E-state index contributed by atoms with van der Waals surface area (Å²) in [6.45, 7) is 1.21. The third-order valence-electron chi connectivity index (χ3n) is 4.07. The minimum atomic E-state index is -0.200. The zero-order valence-corrected chi connectivity index (χ0v) is 17.2. The van der Waals surface area contributed by atoms with Gasteiger partial charge in [0.15, 0.2) is 17.5 Å². The molecule has 0 aliphatic carbocycles. The molecule has 2 rings (SSSR count). The van der Waals surface area contributed by atoms with Crippen LogP contribution in [0, 0.1) is 5.82 Å². The van der Waals surface area contributed by atoms with E-state index >= 15 is 0 Å². The summed E-state index contributed by atoms with van der Waals surface area (Å²) in [7, 11) is 3.23. The first kappa shape index (κ1) is 21.0. The van der Waals surface area contributed by atoms with Crippen LogP contribution >= 0.6 is 15.9 Å². The van der Waals surface area contributed by atoms with Gasteiger partial charge >= 0.3 is 0 Å². The number of benzene rings is 2. The summed E-state index contributed by atoms with van der Waals surface area (Å²) in [5, 5.41) is 3.09. The molecule has 7 heteroatoms. The molecular formula is C20H25BrFN3O2. The summed E-state index contributed by atoms with van der Waals surface area (Å²) in [5.74, 6) is 1.61. The standard InChI is InChI=1S/C20H25BrFN3O2/c1-26-18-8-5-14(12-19(18)27-2)9-11-25-20(23)24-10-3-4-15-6-7-16(21)13-17(15)22/h5-8,12-13H,3-4,9-11H2,1-2H3,(H3,23,24,25). The molecule has 0 saturated heterocycles. The number of halogens is 2. The van der Waals surface area contributed by atoms with E-state index in [1.54, 1.807) is 20.3 Å². The highest BCUT2D eigenvalue weighted by atomic mass is 79.9. The molecule has 0 saturated carbocycles. The summed E-state index contributed by atoms with van der Waals surface area (Å²) in [6, 6.07) is 10.9. The van der Waals surface area contributed by atoms with Crippen molar-refractivity contribution in [1.29, 1.82) is 0 Å². The number of nitrogens with two attached hydrogens (primary N) is 1. The van der Waals surface area contributed by atoms with Gasteiger partial charge < -0.3 is 20.5 Å². The largest absolute Gasteiger partial charge is 0.493 e. The van der Waals surface area contributed by atoms with Crippen LogP contribution in [0.5, 0.6) is 11.5 Å². The van der Waals surface area contributed by atoms with Crippen molar-refractivity contribution in [3.05, 3.63) is 57.8 Å². The van der Waals surface area contributed by atoms with Gasteiger partial charge in [0.1, 0.15) is 5.82 Å². The predicted octanol–water partition coefficient (Wildman–Crippen LogP) is 3.69. The fourth-order valence-electron chi connectivity index (χ4n) is 2.62. The zero-order chi connectivity index (χ0) is 19.6. The molecule has 0 heterocycles. The highest BCUT2D eigenvalue weighted by Crippen LogP contribution is 2.27. The molecule has 2 aromatic rings. The number of nitrogens with one attached hydrogen (secondary N) is 1. The highest BCUT2D eigenvalue weighted by molar-refractivity contribution is 9.10. The smallest absolute Gasteiger partial charge is 0.188 e. The van der Waals surface area contributed by atoms with Crippen molar-refractivity contribution >= 4 is 21.9 Å². The minimum absolute atomic E-state index is 0.200. The van der Waals surface area contributed by atoms with Crippen molar-refractivity contribution < 1.29 is 13.9 Å². The van der Waals surface area contributed by atoms with Crippen LogP contribution in [0.1, 0.15) is 17.5 Å². The van der Waals surface area contributed by atoms with Crippen molar-refractivity contribution in [3.8, 4) is 11.5 Å². The molecule has 0 amide bonds. The maximum Gasteiger partial charge on any atom is 0.188 e. The number of hydrogen-bond acceptors (Lipinski definition) is 3. The van der Waals surface area contributed by atoms with Crippen LogP contribution in [0.3, 0.4) is 0 Å². The molecule has 0 aromatic heterocycles. The fourth-order valence-corrected chi connectivity index (χ4v) is 2.95. The lowest BCUT2D eigenvalue weighted by Gasteiger charge is -2.10. The Morgan fingerprint density at radius 3 is 2.59 bits per heavy atom. The molecule has 0 unspecified atom stereocenters. The van der Waals surface area contributed by atoms with Crippen molar-refractivity contribution in [1.82, 2.24) is 5.32 Å². The molecule has 0 aliphatic heterocycles. The molecule has 0 aliphatic rings. The SMILES string of the molecule is COc1ccc(CCNC(N)=NCCCc2ccc(Br)cc2F)cc1OC. The van der Waals surface area contributed by atoms with Gasteiger partial charge in [-0.15, -0.1) is 0 Å². The Balaban J connectivity index is 1.73. The van der Waals surface area contributed by atoms with Gasteiger partial charge in [0, 0.05) is 17.6 Å². The number of hydrogen-bond donors (Lipinski definition) is 2. The molecule has 0 atom stereocenters. The van der Waals surface area contributed by atoms with Crippen LogP contribution in [-0.4, -0.2) is 33.3 Å². The number of nitrogens with zero attached hydrogens (tertiary/aromatic N) is 1. The van der Waals surface area contributed by atoms with E-state index in [1.807, 2.05) is 24.3 Å². The van der Waals surface area contributed by atoms with Gasteiger partial charge in [0.05, 0.1) is 14.2 Å². The summed E-state index contributed by atoms with van der Waals surface area (Å²) in [5.41, 5.74) is 7.68. The topological polar surface area (TPSA) is 68.9 Å². The van der Waals surface area contributed by atoms with E-state index in [4.69, 9.17) is 15.2 Å². The monoisotopic (exact) mass is 437 g/mol. The number of guanidine groups is 1. The van der Waals surface area contributed by atoms with Gasteiger partial charge in [-0.1, -0.05) is 28.1 Å². The maximum atomic E-state index is 13.7. The number of aryl methyl sites for hydroxylation is 1. The fraction of sp³-hybridized carbons (Fsp3) is 0.350. The Morgan fingerprint density at radius 2 is 1.89 bits per heavy atom. The Kier molecular flexibility index (Phi) is 8.39. The second kappa shape index (κ2) is 10.8. The first-order valence-corrected chi connectivity index (χ1v) is 9.51. The van der Waals surface area contributed by atoms with E-state index in [9.17, 15) is 4.39 Å². The average Bonchev–Trinajstić information content (AvgIpc) is 2.66. The quantitative estimate of drug-likeness (QED) is 0.356. The maximum absolute atomic E-state index is 13.7. The minimum Gasteiger partial charge on any atom is -0.493 e. The molecule has 0 radical (unpaired) electrons. The van der Waals surface area contributed by atoms with Crippen LogP contribution in [0.25, 0.3) is 0 Å². The third kappa shape index (κ3) is 6.75. The van der Waals surface area contributed by atoms with Crippen LogP contribution in [-0.2, 0) is 12.8 Å². The van der Waals surface area contributed by atoms with E-state index in [0.29, 0.717) is 42.5 Å². The van der Waals surface area contributed by atoms with E-state index in [1.165, 1.54) is 6.07 Å². The normalized spacial score (nSPS) is 11.3. The van der Waals surface area contributed by atoms with Crippen molar-refractivity contribution in [2.24, 2.45) is 10.7 Å². The first-order chi connectivity index (χ1) is 13.0. The molecule has 0 spiro atoms. The predicted molar refractivity (Wildman–Crippen MR) is 110 cm³/mol. The lowest BCUT2D eigenvalue weighted by Crippen LogP contribution is -2.33. The molecule has 0 fully saturated rings. The van der Waals surface area contributed by atoms with Crippen LogP contribution in [0.15, 0.2) is 45.9 Å². The molecule has 5 nitrogen and oxygen atoms in total. The van der Waals surface area contributed by atoms with Gasteiger partial charge in [-0.3, -0.25) is 4.99 Å². The van der Waals surface area contributed by atoms with E-state index in [-0.39, 0.29) is 5.82 Å². The molecule has 27 heavy (non-hydrogen) atoms. The van der Waals surface area contributed by atoms with Crippen LogP contribution in [0.4, 0.5) is 4.39 Å². The van der Waals surface area contributed by atoms with Crippen molar-refractivity contribution in [3.63, 3.8) is 0 Å². The van der Waals surface area contributed by atoms with Crippen LogP contribution in [0.2, 0.25) is 0 Å². The summed E-state index contributed by atoms with van der Waals surface area (Å²) in [6.07, 6.45) is 2.14. The number of methoxy groups -OCH3 is 2. The number of rotatable bonds is 9. The Bertz CT molecular complexity index is 784. The van der Waals surface area contributed by atoms with Gasteiger partial charge in [-0.2, -0.15) is 0 Å². The number of aliphatic imine (C=N–C) groups is 1. The van der Waals surface area contributed by atoms with E-state index < -0.39 is 0 Å². The second-order valence-corrected chi connectivity index (χ2v) is 6.89. The lowest BCUT2D eigenvalue weighted by atomic mass is 10.1. The van der Waals surface area contributed by atoms with E-state index in [2.05, 4.69) is 26.2 Å². The molecule has 3 N–H and O–H groups in total. The second-order valence-electron chi connectivity index (χ2n) is 5.97. The Morgan fingerprint density at radius 1 is 1.11 bits per heavy atom. The van der Waals surface area contributed by atoms with Gasteiger partial charge in [-0.05, 0) is 54.7 Å². The van der Waals surface area contributed by atoms with Gasteiger partial charge in [0.2, 0.25) is 0 Å². The van der Waals surface area contributed by atoms with Gasteiger partial charge in [-0.25, -0.2) is 4.39 Å². The molecule has 0 bridgehead atoms. The molecular weight excluding hydrogens is 413 g/mol. The Hall–Kier alpha value is -2.28. The Labute approximate surface area is 167 Å². The zero-order valence-electron chi connectivity index (χ0n) is 15.6. The average molecular weight is 438 g/mol. The summed E-state index contributed by atoms with van der Waals surface area (Å²) < 4.78 is 25.0. The van der Waals surface area contributed by atoms with Crippen LogP contribution < -0.4 is 20.5 Å².